The third-order valence-corrected chi connectivity index (χ3v) is 3.94. The molecule has 6 heteroatoms. The summed E-state index contributed by atoms with van der Waals surface area (Å²) in [5.74, 6) is -0.0270. The van der Waals surface area contributed by atoms with Crippen molar-refractivity contribution in [1.82, 2.24) is 0 Å². The summed E-state index contributed by atoms with van der Waals surface area (Å²) in [6.45, 7) is 1.54. The van der Waals surface area contributed by atoms with E-state index >= 15 is 0 Å². The molecule has 0 bridgehead atoms. The minimum Gasteiger partial charge on any atom is -0.497 e. The SMILES string of the molecule is COc1ccc(C(=O)O[C@H](C)C(=O)c2ccc(Br)cc2)c(OC)c1. The van der Waals surface area contributed by atoms with E-state index in [4.69, 9.17) is 14.2 Å². The Morgan fingerprint density at radius 2 is 1.67 bits per heavy atom. The summed E-state index contributed by atoms with van der Waals surface area (Å²) >= 11 is 3.31. The summed E-state index contributed by atoms with van der Waals surface area (Å²) in [6, 6.07) is 11.6. The van der Waals surface area contributed by atoms with Gasteiger partial charge in [0, 0.05) is 16.1 Å². The fourth-order valence-electron chi connectivity index (χ4n) is 2.09. The molecule has 2 aromatic carbocycles. The van der Waals surface area contributed by atoms with E-state index in [1.165, 1.54) is 27.2 Å². The largest absolute Gasteiger partial charge is 0.497 e. The van der Waals surface area contributed by atoms with Crippen LogP contribution in [0.3, 0.4) is 0 Å². The number of hydrogen-bond donors (Lipinski definition) is 0. The zero-order valence-electron chi connectivity index (χ0n) is 13.5. The third kappa shape index (κ3) is 4.14. The standard InChI is InChI=1S/C18H17BrO5/c1-11(17(20)12-4-6-13(19)7-5-12)24-18(21)15-9-8-14(22-2)10-16(15)23-3/h4-11H,1-3H3/t11-/m1/s1. The van der Waals surface area contributed by atoms with Gasteiger partial charge in [-0.15, -0.1) is 0 Å². The van der Waals surface area contributed by atoms with E-state index in [9.17, 15) is 9.59 Å². The van der Waals surface area contributed by atoms with E-state index in [0.717, 1.165) is 4.47 Å². The molecule has 0 N–H and O–H groups in total. The van der Waals surface area contributed by atoms with Crippen molar-refractivity contribution in [2.45, 2.75) is 13.0 Å². The van der Waals surface area contributed by atoms with Gasteiger partial charge in [-0.25, -0.2) is 4.79 Å². The molecule has 0 aliphatic rings. The van der Waals surface area contributed by atoms with Crippen LogP contribution in [0.25, 0.3) is 0 Å². The number of methoxy groups -OCH3 is 2. The van der Waals surface area contributed by atoms with E-state index in [1.54, 1.807) is 36.4 Å². The molecule has 0 amide bonds. The summed E-state index contributed by atoms with van der Waals surface area (Å²) in [4.78, 5) is 24.7. The number of benzene rings is 2. The number of hydrogen-bond acceptors (Lipinski definition) is 5. The summed E-state index contributed by atoms with van der Waals surface area (Å²) in [7, 11) is 2.97. The van der Waals surface area contributed by atoms with Crippen molar-refractivity contribution in [3.63, 3.8) is 0 Å². The van der Waals surface area contributed by atoms with Crippen LogP contribution in [0.15, 0.2) is 46.9 Å². The fraction of sp³-hybridized carbons (Fsp3) is 0.222. The minimum atomic E-state index is -0.912. The number of esters is 1. The molecule has 0 saturated carbocycles. The van der Waals surface area contributed by atoms with Crippen molar-refractivity contribution in [3.05, 3.63) is 58.1 Å². The topological polar surface area (TPSA) is 61.8 Å². The van der Waals surface area contributed by atoms with Gasteiger partial charge in [-0.1, -0.05) is 28.1 Å². The van der Waals surface area contributed by atoms with Gasteiger partial charge in [0.15, 0.2) is 6.10 Å². The van der Waals surface area contributed by atoms with Crippen molar-refractivity contribution in [2.24, 2.45) is 0 Å². The van der Waals surface area contributed by atoms with Gasteiger partial charge in [0.1, 0.15) is 17.1 Å². The summed E-state index contributed by atoms with van der Waals surface area (Å²) in [5, 5.41) is 0. The second-order valence-electron chi connectivity index (χ2n) is 4.98. The first kappa shape index (κ1) is 18.0. The maximum Gasteiger partial charge on any atom is 0.342 e. The van der Waals surface area contributed by atoms with Crippen LogP contribution in [-0.4, -0.2) is 32.1 Å². The fourth-order valence-corrected chi connectivity index (χ4v) is 2.36. The highest BCUT2D eigenvalue weighted by Crippen LogP contribution is 2.25. The number of carbonyl (C=O) groups excluding carboxylic acids is 2. The molecule has 0 aliphatic heterocycles. The van der Waals surface area contributed by atoms with E-state index in [2.05, 4.69) is 15.9 Å². The minimum absolute atomic E-state index is 0.230. The van der Waals surface area contributed by atoms with Crippen LogP contribution in [0.2, 0.25) is 0 Å². The molecule has 0 radical (unpaired) electrons. The monoisotopic (exact) mass is 392 g/mol. The maximum atomic E-state index is 12.3. The summed E-state index contributed by atoms with van der Waals surface area (Å²) in [6.07, 6.45) is -0.912. The Kier molecular flexibility index (Phi) is 5.98. The van der Waals surface area contributed by atoms with Crippen molar-refractivity contribution < 1.29 is 23.8 Å². The lowest BCUT2D eigenvalue weighted by atomic mass is 10.1. The Morgan fingerprint density at radius 1 is 1.00 bits per heavy atom. The van der Waals surface area contributed by atoms with Gasteiger partial charge in [-0.3, -0.25) is 4.79 Å². The molecule has 24 heavy (non-hydrogen) atoms. The number of rotatable bonds is 6. The van der Waals surface area contributed by atoms with Crippen molar-refractivity contribution in [2.75, 3.05) is 14.2 Å². The predicted octanol–water partition coefficient (Wildman–Crippen LogP) is 3.89. The Balaban J connectivity index is 2.14. The molecule has 1 atom stereocenters. The van der Waals surface area contributed by atoms with Crippen LogP contribution in [0.1, 0.15) is 27.6 Å². The molecule has 2 aromatic rings. The Hall–Kier alpha value is -2.34. The quantitative estimate of drug-likeness (QED) is 0.551. The molecule has 2 rings (SSSR count). The van der Waals surface area contributed by atoms with Crippen LogP contribution >= 0.6 is 15.9 Å². The number of carbonyl (C=O) groups is 2. The highest BCUT2D eigenvalue weighted by atomic mass is 79.9. The molecular weight excluding hydrogens is 376 g/mol. The Labute approximate surface area is 148 Å². The van der Waals surface area contributed by atoms with E-state index in [-0.39, 0.29) is 11.3 Å². The third-order valence-electron chi connectivity index (χ3n) is 3.41. The first-order valence-electron chi connectivity index (χ1n) is 7.19. The molecule has 5 nitrogen and oxygen atoms in total. The summed E-state index contributed by atoms with van der Waals surface area (Å²) in [5.41, 5.74) is 0.703. The first-order chi connectivity index (χ1) is 11.5. The zero-order chi connectivity index (χ0) is 17.7. The van der Waals surface area contributed by atoms with Gasteiger partial charge in [0.05, 0.1) is 14.2 Å². The van der Waals surface area contributed by atoms with E-state index < -0.39 is 12.1 Å². The lowest BCUT2D eigenvalue weighted by Crippen LogP contribution is -2.24. The second-order valence-corrected chi connectivity index (χ2v) is 5.90. The van der Waals surface area contributed by atoms with Crippen LogP contribution in [0.5, 0.6) is 11.5 Å². The summed E-state index contributed by atoms with van der Waals surface area (Å²) < 4.78 is 16.4. The smallest absolute Gasteiger partial charge is 0.342 e. The van der Waals surface area contributed by atoms with Gasteiger partial charge >= 0.3 is 5.97 Å². The first-order valence-corrected chi connectivity index (χ1v) is 7.98. The van der Waals surface area contributed by atoms with Crippen LogP contribution < -0.4 is 9.47 Å². The molecule has 126 valence electrons. The average Bonchev–Trinajstić information content (AvgIpc) is 2.60. The van der Waals surface area contributed by atoms with Crippen molar-refractivity contribution in [1.29, 1.82) is 0 Å². The number of ketones is 1. The normalized spacial score (nSPS) is 11.5. The molecule has 0 spiro atoms. The van der Waals surface area contributed by atoms with E-state index in [0.29, 0.717) is 17.1 Å². The zero-order valence-corrected chi connectivity index (χ0v) is 15.1. The molecule has 0 aliphatic carbocycles. The number of Topliss-reactive ketones (excluding diaryl/α,β-unsaturated/α-hetero) is 1. The highest BCUT2D eigenvalue weighted by molar-refractivity contribution is 9.10. The van der Waals surface area contributed by atoms with Crippen LogP contribution in [0, 0.1) is 0 Å². The molecular formula is C18H17BrO5. The number of halogens is 1. The van der Waals surface area contributed by atoms with Gasteiger partial charge in [0.2, 0.25) is 5.78 Å². The van der Waals surface area contributed by atoms with Crippen LogP contribution in [-0.2, 0) is 4.74 Å². The average molecular weight is 393 g/mol. The molecule has 0 saturated heterocycles. The molecule has 0 aromatic heterocycles. The van der Waals surface area contributed by atoms with Crippen molar-refractivity contribution >= 4 is 27.7 Å². The van der Waals surface area contributed by atoms with Crippen molar-refractivity contribution in [3.8, 4) is 11.5 Å². The molecule has 0 fully saturated rings. The lowest BCUT2D eigenvalue weighted by Gasteiger charge is -2.14. The maximum absolute atomic E-state index is 12.3. The lowest BCUT2D eigenvalue weighted by molar-refractivity contribution is 0.0316. The van der Waals surface area contributed by atoms with Gasteiger partial charge in [-0.2, -0.15) is 0 Å². The second kappa shape index (κ2) is 7.97. The Bertz CT molecular complexity index is 740. The van der Waals surface area contributed by atoms with Gasteiger partial charge in [-0.05, 0) is 31.2 Å². The predicted molar refractivity (Wildman–Crippen MR) is 92.9 cm³/mol. The van der Waals surface area contributed by atoms with Gasteiger partial charge in [0.25, 0.3) is 0 Å². The number of ether oxygens (including phenoxy) is 3. The van der Waals surface area contributed by atoms with E-state index in [1.807, 2.05) is 0 Å². The molecule has 0 unspecified atom stereocenters. The van der Waals surface area contributed by atoms with Gasteiger partial charge < -0.3 is 14.2 Å². The Morgan fingerprint density at radius 3 is 2.25 bits per heavy atom. The highest BCUT2D eigenvalue weighted by Gasteiger charge is 2.22. The van der Waals surface area contributed by atoms with Crippen LogP contribution in [0.4, 0.5) is 0 Å². The molecule has 0 heterocycles.